The third-order valence-electron chi connectivity index (χ3n) is 1.89. The first-order chi connectivity index (χ1) is 6.52. The number of hydrogen-bond acceptors (Lipinski definition) is 4. The largest absolute Gasteiger partial charge is 0.480 e. The molecule has 1 unspecified atom stereocenters. The van der Waals surface area contributed by atoms with E-state index in [1.165, 1.54) is 6.33 Å². The number of hydrogen-bond donors (Lipinski definition) is 2. The van der Waals surface area contributed by atoms with E-state index in [4.69, 9.17) is 10.8 Å². The maximum absolute atomic E-state index is 10.6. The lowest BCUT2D eigenvalue weighted by Gasteiger charge is -2.08. The lowest BCUT2D eigenvalue weighted by Crippen LogP contribution is -2.22. The lowest BCUT2D eigenvalue weighted by molar-refractivity contribution is -0.138. The summed E-state index contributed by atoms with van der Waals surface area (Å²) < 4.78 is 0. The van der Waals surface area contributed by atoms with Crippen molar-refractivity contribution in [3.05, 3.63) is 23.8 Å². The van der Waals surface area contributed by atoms with Crippen molar-refractivity contribution in [1.82, 2.24) is 9.97 Å². The van der Waals surface area contributed by atoms with Crippen molar-refractivity contribution in [2.75, 3.05) is 0 Å². The van der Waals surface area contributed by atoms with E-state index in [1.807, 2.05) is 13.8 Å². The molecule has 1 aromatic heterocycles. The van der Waals surface area contributed by atoms with E-state index < -0.39 is 12.0 Å². The smallest absolute Gasteiger partial charge is 0.326 e. The maximum atomic E-state index is 10.6. The van der Waals surface area contributed by atoms with Crippen LogP contribution in [0.25, 0.3) is 0 Å². The number of carboxylic acid groups (broad SMARTS) is 1. The normalized spacial score (nSPS) is 12.9. The van der Waals surface area contributed by atoms with Crippen molar-refractivity contribution >= 4 is 5.97 Å². The first-order valence-electron chi connectivity index (χ1n) is 4.32. The van der Waals surface area contributed by atoms with Crippen molar-refractivity contribution in [1.29, 1.82) is 0 Å². The zero-order chi connectivity index (χ0) is 10.7. The van der Waals surface area contributed by atoms with Gasteiger partial charge in [0.25, 0.3) is 0 Å². The molecule has 1 atom stereocenters. The second-order valence-electron chi connectivity index (χ2n) is 3.34. The Morgan fingerprint density at radius 3 is 2.50 bits per heavy atom. The molecule has 0 saturated carbocycles. The molecule has 5 nitrogen and oxygen atoms in total. The number of carbonyl (C=O) groups is 1. The van der Waals surface area contributed by atoms with Gasteiger partial charge < -0.3 is 10.8 Å². The van der Waals surface area contributed by atoms with Gasteiger partial charge in [0.05, 0.1) is 5.69 Å². The van der Waals surface area contributed by atoms with Crippen LogP contribution < -0.4 is 5.73 Å². The fraction of sp³-hybridized carbons (Fsp3) is 0.444. The van der Waals surface area contributed by atoms with E-state index in [0.717, 1.165) is 5.69 Å². The maximum Gasteiger partial charge on any atom is 0.326 e. The molecule has 0 spiro atoms. The fourth-order valence-electron chi connectivity index (χ4n) is 1.00. The lowest BCUT2D eigenvalue weighted by atomic mass is 10.1. The van der Waals surface area contributed by atoms with Crippen LogP contribution in [0.15, 0.2) is 12.4 Å². The molecule has 0 fully saturated rings. The molecule has 0 aliphatic carbocycles. The minimum atomic E-state index is -1.08. The van der Waals surface area contributed by atoms with Crippen LogP contribution in [0.1, 0.15) is 37.2 Å². The second-order valence-corrected chi connectivity index (χ2v) is 3.34. The molecular formula is C9H13N3O2. The van der Waals surface area contributed by atoms with Crippen LogP contribution in [0.2, 0.25) is 0 Å². The summed E-state index contributed by atoms with van der Waals surface area (Å²) in [5.41, 5.74) is 6.56. The highest BCUT2D eigenvalue weighted by Crippen LogP contribution is 2.14. The number of aliphatic carboxylic acids is 1. The van der Waals surface area contributed by atoms with Crippen LogP contribution >= 0.6 is 0 Å². The minimum Gasteiger partial charge on any atom is -0.480 e. The van der Waals surface area contributed by atoms with Gasteiger partial charge in [0.2, 0.25) is 0 Å². The monoisotopic (exact) mass is 195 g/mol. The van der Waals surface area contributed by atoms with Gasteiger partial charge in [-0.15, -0.1) is 0 Å². The first kappa shape index (κ1) is 10.6. The Balaban J connectivity index is 2.99. The van der Waals surface area contributed by atoms with Gasteiger partial charge in [0.15, 0.2) is 0 Å². The third kappa shape index (κ3) is 2.26. The summed E-state index contributed by atoms with van der Waals surface area (Å²) in [6.07, 6.45) is 1.34. The molecule has 0 bridgehead atoms. The summed E-state index contributed by atoms with van der Waals surface area (Å²) in [5.74, 6) is -0.851. The zero-order valence-electron chi connectivity index (χ0n) is 8.14. The van der Waals surface area contributed by atoms with Gasteiger partial charge in [0.1, 0.15) is 12.4 Å². The van der Waals surface area contributed by atoms with Crippen LogP contribution in [-0.4, -0.2) is 21.0 Å². The highest BCUT2D eigenvalue weighted by Gasteiger charge is 2.16. The highest BCUT2D eigenvalue weighted by molar-refractivity contribution is 5.74. The van der Waals surface area contributed by atoms with E-state index in [0.29, 0.717) is 5.69 Å². The van der Waals surface area contributed by atoms with E-state index in [2.05, 4.69) is 9.97 Å². The molecule has 5 heteroatoms. The van der Waals surface area contributed by atoms with Crippen LogP contribution in [0.4, 0.5) is 0 Å². The molecule has 0 aromatic carbocycles. The summed E-state index contributed by atoms with van der Waals surface area (Å²) in [7, 11) is 0. The van der Waals surface area contributed by atoms with Gasteiger partial charge in [-0.05, 0) is 12.0 Å². The average Bonchev–Trinajstić information content (AvgIpc) is 2.16. The van der Waals surface area contributed by atoms with Gasteiger partial charge in [-0.3, -0.25) is 4.79 Å². The molecule has 1 aromatic rings. The number of aromatic nitrogens is 2. The summed E-state index contributed by atoms with van der Waals surface area (Å²) in [6, 6.07) is 0.555. The fourth-order valence-corrected chi connectivity index (χ4v) is 1.00. The molecule has 0 aliphatic heterocycles. The number of carboxylic acids is 1. The molecule has 76 valence electrons. The average molecular weight is 195 g/mol. The Labute approximate surface area is 82.0 Å². The van der Waals surface area contributed by atoms with Crippen molar-refractivity contribution in [3.63, 3.8) is 0 Å². The summed E-state index contributed by atoms with van der Waals surface area (Å²) in [5, 5.41) is 8.68. The number of nitrogens with zero attached hydrogens (tertiary/aromatic N) is 2. The van der Waals surface area contributed by atoms with E-state index in [1.54, 1.807) is 6.07 Å². The van der Waals surface area contributed by atoms with Gasteiger partial charge in [-0.2, -0.15) is 0 Å². The van der Waals surface area contributed by atoms with Crippen LogP contribution in [0.3, 0.4) is 0 Å². The van der Waals surface area contributed by atoms with Gasteiger partial charge in [-0.1, -0.05) is 13.8 Å². The molecule has 1 heterocycles. The Hall–Kier alpha value is -1.49. The van der Waals surface area contributed by atoms with Crippen molar-refractivity contribution in [2.45, 2.75) is 25.8 Å². The Morgan fingerprint density at radius 2 is 2.00 bits per heavy atom. The van der Waals surface area contributed by atoms with Gasteiger partial charge in [-0.25, -0.2) is 9.97 Å². The van der Waals surface area contributed by atoms with E-state index in [9.17, 15) is 4.79 Å². The van der Waals surface area contributed by atoms with Crippen LogP contribution in [-0.2, 0) is 4.79 Å². The predicted molar refractivity (Wildman–Crippen MR) is 50.7 cm³/mol. The molecule has 0 aliphatic rings. The van der Waals surface area contributed by atoms with Crippen LogP contribution in [0.5, 0.6) is 0 Å². The molecule has 1 rings (SSSR count). The summed E-state index contributed by atoms with van der Waals surface area (Å²) >= 11 is 0. The molecule has 0 saturated heterocycles. The van der Waals surface area contributed by atoms with E-state index >= 15 is 0 Å². The molecule has 0 amide bonds. The highest BCUT2D eigenvalue weighted by atomic mass is 16.4. The van der Waals surface area contributed by atoms with Crippen molar-refractivity contribution in [3.8, 4) is 0 Å². The Morgan fingerprint density at radius 1 is 1.43 bits per heavy atom. The standard InChI is InChI=1S/C9H13N3O2/c1-5(2)6-3-7(12-4-11-6)8(10)9(13)14/h3-5,8H,10H2,1-2H3,(H,13,14). The van der Waals surface area contributed by atoms with Gasteiger partial charge in [0, 0.05) is 5.69 Å². The Bertz CT molecular complexity index is 339. The van der Waals surface area contributed by atoms with Crippen molar-refractivity contribution < 1.29 is 9.90 Å². The topological polar surface area (TPSA) is 89.1 Å². The molecule has 14 heavy (non-hydrogen) atoms. The molecular weight excluding hydrogens is 182 g/mol. The second kappa shape index (κ2) is 4.15. The van der Waals surface area contributed by atoms with Crippen molar-refractivity contribution in [2.24, 2.45) is 5.73 Å². The molecule has 3 N–H and O–H groups in total. The number of nitrogens with two attached hydrogens (primary N) is 1. The summed E-state index contributed by atoms with van der Waals surface area (Å²) in [4.78, 5) is 18.4. The quantitative estimate of drug-likeness (QED) is 0.740. The minimum absolute atomic E-state index is 0.234. The zero-order valence-corrected chi connectivity index (χ0v) is 8.14. The first-order valence-corrected chi connectivity index (χ1v) is 4.32. The third-order valence-corrected chi connectivity index (χ3v) is 1.89. The van der Waals surface area contributed by atoms with Crippen LogP contribution in [0, 0.1) is 0 Å². The number of rotatable bonds is 3. The molecule has 0 radical (unpaired) electrons. The van der Waals surface area contributed by atoms with E-state index in [-0.39, 0.29) is 5.92 Å². The van der Waals surface area contributed by atoms with Gasteiger partial charge >= 0.3 is 5.97 Å². The summed E-state index contributed by atoms with van der Waals surface area (Å²) in [6.45, 7) is 3.94. The predicted octanol–water partition coefficient (Wildman–Crippen LogP) is 0.684. The SMILES string of the molecule is CC(C)c1cc(C(N)C(=O)O)ncn1. The Kier molecular flexibility index (Phi) is 3.14.